The molecule has 0 amide bonds. The summed E-state index contributed by atoms with van der Waals surface area (Å²) in [6.45, 7) is 3.89. The predicted octanol–water partition coefficient (Wildman–Crippen LogP) is 2.79. The maximum Gasteiger partial charge on any atom is 0.178 e. The number of anilines is 1. The average molecular weight is 285 g/mol. The maximum absolute atomic E-state index is 11.7. The molecule has 0 aliphatic carbocycles. The Labute approximate surface area is 113 Å². The highest BCUT2D eigenvalue weighted by Gasteiger charge is 2.23. The summed E-state index contributed by atoms with van der Waals surface area (Å²) >= 11 is 1.98. The minimum atomic E-state index is -3.08. The Kier molecular flexibility index (Phi) is 4.22. The molecular weight excluding hydrogens is 266 g/mol. The van der Waals surface area contributed by atoms with Crippen molar-refractivity contribution >= 4 is 27.3 Å². The van der Waals surface area contributed by atoms with Crippen molar-refractivity contribution in [2.24, 2.45) is 0 Å². The lowest BCUT2D eigenvalue weighted by Gasteiger charge is -2.18. The maximum atomic E-state index is 11.7. The van der Waals surface area contributed by atoms with Gasteiger partial charge in [-0.1, -0.05) is 13.8 Å². The normalized spacial score (nSPS) is 24.1. The van der Waals surface area contributed by atoms with Crippen molar-refractivity contribution in [1.29, 1.82) is 0 Å². The molecule has 0 saturated carbocycles. The minimum Gasteiger partial charge on any atom is -0.381 e. The molecule has 100 valence electrons. The van der Waals surface area contributed by atoms with Gasteiger partial charge in [0, 0.05) is 17.0 Å². The van der Waals surface area contributed by atoms with Gasteiger partial charge in [-0.3, -0.25) is 0 Å². The van der Waals surface area contributed by atoms with Crippen molar-refractivity contribution in [1.82, 2.24) is 0 Å². The van der Waals surface area contributed by atoms with Crippen LogP contribution in [-0.2, 0) is 9.84 Å². The van der Waals surface area contributed by atoms with E-state index in [1.807, 2.05) is 23.9 Å². The molecule has 1 aromatic rings. The van der Waals surface area contributed by atoms with Gasteiger partial charge in [-0.2, -0.15) is 11.8 Å². The molecule has 3 nitrogen and oxygen atoms in total. The van der Waals surface area contributed by atoms with Gasteiger partial charge in [0.05, 0.1) is 10.6 Å². The molecule has 0 aromatic heterocycles. The van der Waals surface area contributed by atoms with Gasteiger partial charge in [0.1, 0.15) is 0 Å². The van der Waals surface area contributed by atoms with Crippen LogP contribution in [0.2, 0.25) is 0 Å². The molecule has 2 rings (SSSR count). The van der Waals surface area contributed by atoms with Gasteiger partial charge in [-0.05, 0) is 36.4 Å². The Morgan fingerprint density at radius 2 is 2.00 bits per heavy atom. The second-order valence-corrected chi connectivity index (χ2v) is 8.31. The van der Waals surface area contributed by atoms with E-state index >= 15 is 0 Å². The fraction of sp³-hybridized carbons (Fsp3) is 0.538. The highest BCUT2D eigenvalue weighted by atomic mass is 32.2. The zero-order valence-corrected chi connectivity index (χ0v) is 12.4. The summed E-state index contributed by atoms with van der Waals surface area (Å²) in [5, 5.41) is 4.09. The monoisotopic (exact) mass is 285 g/mol. The highest BCUT2D eigenvalue weighted by Crippen LogP contribution is 2.29. The largest absolute Gasteiger partial charge is 0.381 e. The molecule has 1 aliphatic rings. The second kappa shape index (κ2) is 5.53. The van der Waals surface area contributed by atoms with Gasteiger partial charge in [0.15, 0.2) is 9.84 Å². The fourth-order valence-electron chi connectivity index (χ4n) is 2.06. The van der Waals surface area contributed by atoms with Crippen LogP contribution in [0, 0.1) is 0 Å². The lowest BCUT2D eigenvalue weighted by Crippen LogP contribution is -2.24. The summed E-state index contributed by atoms with van der Waals surface area (Å²) in [6.07, 6.45) is 1.17. The number of rotatable bonds is 4. The first-order valence-corrected chi connectivity index (χ1v) is 8.94. The van der Waals surface area contributed by atoms with E-state index in [1.165, 1.54) is 12.2 Å². The fourth-order valence-corrected chi connectivity index (χ4v) is 4.14. The third-order valence-corrected chi connectivity index (χ3v) is 6.40. The van der Waals surface area contributed by atoms with Gasteiger partial charge in [0.2, 0.25) is 0 Å². The molecule has 5 heteroatoms. The smallest absolute Gasteiger partial charge is 0.178 e. The summed E-state index contributed by atoms with van der Waals surface area (Å²) < 4.78 is 23.4. The number of nitrogens with one attached hydrogen (secondary N) is 1. The first-order chi connectivity index (χ1) is 8.53. The number of thioether (sulfide) groups is 1. The lowest BCUT2D eigenvalue weighted by molar-refractivity contribution is 0.597. The lowest BCUT2D eigenvalue weighted by atomic mass is 10.1. The van der Waals surface area contributed by atoms with Crippen LogP contribution >= 0.6 is 11.8 Å². The third kappa shape index (κ3) is 3.01. The zero-order valence-electron chi connectivity index (χ0n) is 10.7. The topological polar surface area (TPSA) is 46.2 Å². The van der Waals surface area contributed by atoms with E-state index in [9.17, 15) is 8.42 Å². The summed E-state index contributed by atoms with van der Waals surface area (Å²) in [5.74, 6) is 1.34. The van der Waals surface area contributed by atoms with E-state index in [0.29, 0.717) is 16.2 Å². The van der Waals surface area contributed by atoms with Crippen LogP contribution in [0.4, 0.5) is 5.69 Å². The van der Waals surface area contributed by atoms with E-state index < -0.39 is 9.84 Å². The molecule has 0 radical (unpaired) electrons. The van der Waals surface area contributed by atoms with Crippen molar-refractivity contribution < 1.29 is 8.42 Å². The van der Waals surface area contributed by atoms with Crippen LogP contribution in [0.5, 0.6) is 0 Å². The van der Waals surface area contributed by atoms with Crippen LogP contribution < -0.4 is 5.32 Å². The first-order valence-electron chi connectivity index (χ1n) is 6.24. The Balaban J connectivity index is 2.08. The summed E-state index contributed by atoms with van der Waals surface area (Å²) in [7, 11) is -3.08. The van der Waals surface area contributed by atoms with E-state index in [2.05, 4.69) is 12.2 Å². The molecular formula is C13H19NO2S2. The Morgan fingerprint density at radius 3 is 2.50 bits per heavy atom. The Hall–Kier alpha value is -0.680. The van der Waals surface area contributed by atoms with Gasteiger partial charge in [0.25, 0.3) is 0 Å². The summed E-state index contributed by atoms with van der Waals surface area (Å²) in [5.41, 5.74) is 1.00. The standard InChI is InChI=1S/C13H19NO2S2/c1-3-18(15,16)12-6-4-11(5-7-12)14-13-8-9-17-10(13)2/h4-7,10,13-14H,3,8-9H2,1-2H3. The minimum absolute atomic E-state index is 0.149. The van der Waals surface area contributed by atoms with E-state index in [0.717, 1.165) is 5.69 Å². The Morgan fingerprint density at radius 1 is 1.33 bits per heavy atom. The van der Waals surface area contributed by atoms with Crippen molar-refractivity contribution in [3.63, 3.8) is 0 Å². The van der Waals surface area contributed by atoms with Gasteiger partial charge in [-0.25, -0.2) is 8.42 Å². The third-order valence-electron chi connectivity index (χ3n) is 3.32. The zero-order chi connectivity index (χ0) is 13.2. The molecule has 2 atom stereocenters. The van der Waals surface area contributed by atoms with Gasteiger partial charge in [-0.15, -0.1) is 0 Å². The van der Waals surface area contributed by atoms with Crippen LogP contribution in [0.15, 0.2) is 29.2 Å². The number of hydrogen-bond donors (Lipinski definition) is 1. The first kappa shape index (κ1) is 13.7. The van der Waals surface area contributed by atoms with Crippen LogP contribution in [-0.4, -0.2) is 31.2 Å². The van der Waals surface area contributed by atoms with Gasteiger partial charge >= 0.3 is 0 Å². The van der Waals surface area contributed by atoms with Crippen molar-refractivity contribution in [2.75, 3.05) is 16.8 Å². The van der Waals surface area contributed by atoms with Crippen molar-refractivity contribution in [2.45, 2.75) is 36.5 Å². The molecule has 1 heterocycles. The van der Waals surface area contributed by atoms with E-state index in [-0.39, 0.29) is 5.75 Å². The SMILES string of the molecule is CCS(=O)(=O)c1ccc(NC2CCSC2C)cc1. The summed E-state index contributed by atoms with van der Waals surface area (Å²) in [6, 6.07) is 7.59. The predicted molar refractivity (Wildman–Crippen MR) is 78.1 cm³/mol. The number of benzene rings is 1. The molecule has 1 N–H and O–H groups in total. The second-order valence-electron chi connectivity index (χ2n) is 4.54. The van der Waals surface area contributed by atoms with Crippen molar-refractivity contribution in [3.8, 4) is 0 Å². The average Bonchev–Trinajstić information content (AvgIpc) is 2.76. The van der Waals surface area contributed by atoms with Crippen LogP contribution in [0.3, 0.4) is 0 Å². The van der Waals surface area contributed by atoms with E-state index in [1.54, 1.807) is 19.1 Å². The number of hydrogen-bond acceptors (Lipinski definition) is 4. The molecule has 0 bridgehead atoms. The van der Waals surface area contributed by atoms with Crippen LogP contribution in [0.1, 0.15) is 20.3 Å². The summed E-state index contributed by atoms with van der Waals surface area (Å²) in [4.78, 5) is 0.407. The Bertz CT molecular complexity index is 496. The van der Waals surface area contributed by atoms with Crippen LogP contribution in [0.25, 0.3) is 0 Å². The molecule has 1 aromatic carbocycles. The molecule has 1 aliphatic heterocycles. The van der Waals surface area contributed by atoms with Crippen molar-refractivity contribution in [3.05, 3.63) is 24.3 Å². The highest BCUT2D eigenvalue weighted by molar-refractivity contribution is 8.00. The van der Waals surface area contributed by atoms with Gasteiger partial charge < -0.3 is 5.32 Å². The molecule has 1 saturated heterocycles. The van der Waals surface area contributed by atoms with E-state index in [4.69, 9.17) is 0 Å². The number of sulfone groups is 1. The molecule has 1 fully saturated rings. The molecule has 2 unspecified atom stereocenters. The molecule has 0 spiro atoms. The molecule has 18 heavy (non-hydrogen) atoms. The quantitative estimate of drug-likeness (QED) is 0.924.